The molecule has 1 aliphatic carbocycles. The van der Waals surface area contributed by atoms with E-state index in [2.05, 4.69) is 0 Å². The molecular formula is C16H24BFO4. The molecule has 1 aromatic rings. The van der Waals surface area contributed by atoms with Gasteiger partial charge >= 0.3 is 7.12 Å². The zero-order chi connectivity index (χ0) is 16.5. The summed E-state index contributed by atoms with van der Waals surface area (Å²) in [5.41, 5.74) is -2.29. The molecule has 4 nitrogen and oxygen atoms in total. The second-order valence-corrected chi connectivity index (χ2v) is 6.95. The van der Waals surface area contributed by atoms with Crippen LogP contribution in [-0.2, 0) is 4.65 Å². The van der Waals surface area contributed by atoms with Gasteiger partial charge in [-0.05, 0) is 58.6 Å². The minimum atomic E-state index is -1.52. The van der Waals surface area contributed by atoms with Crippen LogP contribution in [0.15, 0.2) is 18.2 Å². The molecule has 6 heteroatoms. The van der Waals surface area contributed by atoms with Crippen LogP contribution < -0.4 is 10.2 Å². The summed E-state index contributed by atoms with van der Waals surface area (Å²) < 4.78 is 25.3. The molecule has 1 aliphatic rings. The largest absolute Gasteiger partial charge is 0.498 e. The molecule has 22 heavy (non-hydrogen) atoms. The van der Waals surface area contributed by atoms with Crippen molar-refractivity contribution in [1.29, 1.82) is 0 Å². The molecule has 0 spiro atoms. The van der Waals surface area contributed by atoms with Crippen LogP contribution in [0.25, 0.3) is 0 Å². The fourth-order valence-corrected chi connectivity index (χ4v) is 1.86. The van der Waals surface area contributed by atoms with E-state index < -0.39 is 24.1 Å². The summed E-state index contributed by atoms with van der Waals surface area (Å²) in [6, 6.07) is 4.41. The van der Waals surface area contributed by atoms with Crippen LogP contribution in [0, 0.1) is 11.7 Å². The molecule has 0 amide bonds. The van der Waals surface area contributed by atoms with Crippen molar-refractivity contribution < 1.29 is 23.9 Å². The highest BCUT2D eigenvalue weighted by molar-refractivity contribution is 6.61. The van der Waals surface area contributed by atoms with Crippen LogP contribution in [0.1, 0.15) is 40.5 Å². The van der Waals surface area contributed by atoms with Gasteiger partial charge in [-0.1, -0.05) is 6.07 Å². The maximum Gasteiger partial charge on any atom is 0.498 e. The fraction of sp³-hybridized carbons (Fsp3) is 0.625. The maximum atomic E-state index is 14.1. The van der Waals surface area contributed by atoms with Crippen molar-refractivity contribution in [3.05, 3.63) is 24.0 Å². The Morgan fingerprint density at radius 1 is 1.27 bits per heavy atom. The lowest BCUT2D eigenvalue weighted by Crippen LogP contribution is -2.53. The van der Waals surface area contributed by atoms with Crippen LogP contribution in [0.4, 0.5) is 4.39 Å². The summed E-state index contributed by atoms with van der Waals surface area (Å²) >= 11 is 0. The second-order valence-electron chi connectivity index (χ2n) is 6.95. The number of aliphatic hydroxyl groups is 1. The molecule has 0 radical (unpaired) electrons. The molecular weight excluding hydrogens is 286 g/mol. The van der Waals surface area contributed by atoms with E-state index in [-0.39, 0.29) is 11.2 Å². The first-order valence-corrected chi connectivity index (χ1v) is 7.61. The van der Waals surface area contributed by atoms with Gasteiger partial charge in [0.05, 0.1) is 23.3 Å². The van der Waals surface area contributed by atoms with Gasteiger partial charge < -0.3 is 19.5 Å². The molecule has 0 saturated heterocycles. The van der Waals surface area contributed by atoms with E-state index in [4.69, 9.17) is 9.39 Å². The van der Waals surface area contributed by atoms with E-state index in [1.807, 2.05) is 0 Å². The zero-order valence-corrected chi connectivity index (χ0v) is 13.6. The monoisotopic (exact) mass is 310 g/mol. The van der Waals surface area contributed by atoms with Gasteiger partial charge in [0.1, 0.15) is 11.6 Å². The van der Waals surface area contributed by atoms with E-state index in [9.17, 15) is 14.5 Å². The number of benzene rings is 1. The van der Waals surface area contributed by atoms with Gasteiger partial charge in [-0.3, -0.25) is 0 Å². The van der Waals surface area contributed by atoms with E-state index >= 15 is 0 Å². The third kappa shape index (κ3) is 4.00. The van der Waals surface area contributed by atoms with Crippen molar-refractivity contribution in [1.82, 2.24) is 0 Å². The summed E-state index contributed by atoms with van der Waals surface area (Å²) in [6.07, 6.45) is 2.24. The summed E-state index contributed by atoms with van der Waals surface area (Å²) in [5.74, 6) is 0.209. The number of ether oxygens (including phenoxy) is 1. The van der Waals surface area contributed by atoms with Gasteiger partial charge in [-0.15, -0.1) is 0 Å². The van der Waals surface area contributed by atoms with Crippen molar-refractivity contribution in [2.45, 2.75) is 51.7 Å². The lowest BCUT2D eigenvalue weighted by atomic mass is 9.75. The molecule has 0 aromatic heterocycles. The Hall–Kier alpha value is -1.11. The Kier molecular flexibility index (Phi) is 4.85. The third-order valence-corrected chi connectivity index (χ3v) is 4.31. The predicted molar refractivity (Wildman–Crippen MR) is 83.7 cm³/mol. The minimum Gasteiger partial charge on any atom is -0.494 e. The van der Waals surface area contributed by atoms with Gasteiger partial charge in [-0.25, -0.2) is 4.39 Å². The van der Waals surface area contributed by atoms with Crippen LogP contribution in [-0.4, -0.2) is 35.1 Å². The first-order valence-electron chi connectivity index (χ1n) is 7.61. The molecule has 1 saturated carbocycles. The first kappa shape index (κ1) is 17.3. The molecule has 0 heterocycles. The van der Waals surface area contributed by atoms with E-state index in [0.717, 1.165) is 12.8 Å². The number of hydrogen-bond donors (Lipinski definition) is 2. The van der Waals surface area contributed by atoms with Crippen LogP contribution in [0.5, 0.6) is 5.75 Å². The summed E-state index contributed by atoms with van der Waals surface area (Å²) in [6.45, 7) is 6.94. The highest BCUT2D eigenvalue weighted by Gasteiger charge is 2.41. The van der Waals surface area contributed by atoms with Crippen LogP contribution >= 0.6 is 0 Å². The first-order chi connectivity index (χ1) is 10.1. The maximum absolute atomic E-state index is 14.1. The number of hydrogen-bond acceptors (Lipinski definition) is 4. The van der Waals surface area contributed by atoms with Crippen molar-refractivity contribution in [2.75, 3.05) is 6.61 Å². The second kappa shape index (κ2) is 6.18. The van der Waals surface area contributed by atoms with Crippen LogP contribution in [0.3, 0.4) is 0 Å². The van der Waals surface area contributed by atoms with Gasteiger partial charge in [0.25, 0.3) is 0 Å². The number of rotatable bonds is 7. The SMILES string of the molecule is CC(C)(O)C(C)(C)OB(O)c1c(F)cccc1OCC1CC1. The molecule has 0 bridgehead atoms. The predicted octanol–water partition coefficient (Wildman–Crippen LogP) is 1.87. The van der Waals surface area contributed by atoms with Crippen molar-refractivity contribution >= 4 is 12.6 Å². The average molecular weight is 310 g/mol. The van der Waals surface area contributed by atoms with Gasteiger partial charge in [0.15, 0.2) is 0 Å². The smallest absolute Gasteiger partial charge is 0.494 e. The molecule has 1 fully saturated rings. The molecule has 0 atom stereocenters. The standard InChI is InChI=1S/C16H24BFO4/c1-15(2,19)16(3,4)22-17(20)14-12(18)6-5-7-13(14)21-10-11-8-9-11/h5-7,11,19-20H,8-10H2,1-4H3. The molecule has 122 valence electrons. The fourth-order valence-electron chi connectivity index (χ4n) is 1.86. The molecule has 2 N–H and O–H groups in total. The molecule has 0 aliphatic heterocycles. The van der Waals surface area contributed by atoms with E-state index in [0.29, 0.717) is 12.5 Å². The van der Waals surface area contributed by atoms with E-state index in [1.165, 1.54) is 12.1 Å². The van der Waals surface area contributed by atoms with Gasteiger partial charge in [0.2, 0.25) is 0 Å². The Bertz CT molecular complexity index is 523. The Labute approximate surface area is 131 Å². The quantitative estimate of drug-likeness (QED) is 0.755. The molecule has 2 rings (SSSR count). The summed E-state index contributed by atoms with van der Waals surface area (Å²) in [5, 5.41) is 20.4. The van der Waals surface area contributed by atoms with Crippen LogP contribution in [0.2, 0.25) is 0 Å². The molecule has 0 unspecified atom stereocenters. The van der Waals surface area contributed by atoms with Crippen molar-refractivity contribution in [3.8, 4) is 5.75 Å². The molecule has 1 aromatic carbocycles. The van der Waals surface area contributed by atoms with Crippen molar-refractivity contribution in [2.24, 2.45) is 5.92 Å². The lowest BCUT2D eigenvalue weighted by Gasteiger charge is -2.38. The Morgan fingerprint density at radius 2 is 1.91 bits per heavy atom. The van der Waals surface area contributed by atoms with E-state index in [1.54, 1.807) is 33.8 Å². The normalized spacial score (nSPS) is 15.8. The lowest BCUT2D eigenvalue weighted by molar-refractivity contribution is -0.0983. The van der Waals surface area contributed by atoms with Gasteiger partial charge in [-0.2, -0.15) is 0 Å². The summed E-state index contributed by atoms with van der Waals surface area (Å²) in [7, 11) is -1.52. The highest BCUT2D eigenvalue weighted by atomic mass is 19.1. The van der Waals surface area contributed by atoms with Gasteiger partial charge in [0, 0.05) is 0 Å². The Balaban J connectivity index is 2.18. The third-order valence-electron chi connectivity index (χ3n) is 4.31. The summed E-state index contributed by atoms with van der Waals surface area (Å²) in [4.78, 5) is 0. The Morgan fingerprint density at radius 3 is 2.45 bits per heavy atom. The van der Waals surface area contributed by atoms with Crippen molar-refractivity contribution in [3.63, 3.8) is 0 Å². The zero-order valence-electron chi connectivity index (χ0n) is 13.6. The average Bonchev–Trinajstić information content (AvgIpc) is 3.18. The highest BCUT2D eigenvalue weighted by Crippen LogP contribution is 2.30. The topological polar surface area (TPSA) is 58.9 Å². The number of halogens is 1. The minimum absolute atomic E-state index is 0.0273.